The van der Waals surface area contributed by atoms with Crippen LogP contribution < -0.4 is 0 Å². The smallest absolute Gasteiger partial charge is 0.358 e. The number of hydrogen-bond acceptors (Lipinski definition) is 4. The van der Waals surface area contributed by atoms with E-state index in [0.717, 1.165) is 10.2 Å². The molecule has 0 atom stereocenters. The Labute approximate surface area is 129 Å². The van der Waals surface area contributed by atoms with Gasteiger partial charge in [-0.3, -0.25) is 0 Å². The molecule has 0 bridgehead atoms. The van der Waals surface area contributed by atoms with Crippen LogP contribution in [0.1, 0.15) is 10.5 Å². The second kappa shape index (κ2) is 5.57. The van der Waals surface area contributed by atoms with E-state index in [9.17, 15) is 4.79 Å². The van der Waals surface area contributed by atoms with Crippen molar-refractivity contribution in [2.75, 3.05) is 7.11 Å². The number of aromatic nitrogens is 2. The lowest BCUT2D eigenvalue weighted by Gasteiger charge is -2.07. The summed E-state index contributed by atoms with van der Waals surface area (Å²) in [5, 5.41) is 4.32. The highest BCUT2D eigenvalue weighted by Crippen LogP contribution is 2.28. The highest BCUT2D eigenvalue weighted by Gasteiger charge is 2.19. The molecule has 0 saturated heterocycles. The zero-order chi connectivity index (χ0) is 14.8. The SMILES string of the molecule is COC(=O)c1cc(-c2ccco2)n(-c2ccccc2Br)n1. The lowest BCUT2D eigenvalue weighted by molar-refractivity contribution is 0.0593. The van der Waals surface area contributed by atoms with Gasteiger partial charge in [0.2, 0.25) is 0 Å². The van der Waals surface area contributed by atoms with Gasteiger partial charge in [-0.2, -0.15) is 5.10 Å². The predicted octanol–water partition coefficient (Wildman–Crippen LogP) is 3.68. The third kappa shape index (κ3) is 2.50. The number of esters is 1. The summed E-state index contributed by atoms with van der Waals surface area (Å²) in [6, 6.07) is 12.8. The van der Waals surface area contributed by atoms with Crippen LogP contribution in [0.15, 0.2) is 57.6 Å². The van der Waals surface area contributed by atoms with Gasteiger partial charge < -0.3 is 9.15 Å². The standard InChI is InChI=1S/C15H11BrN2O3/c1-20-15(19)11-9-13(14-7-4-8-21-14)18(17-11)12-6-3-2-5-10(12)16/h2-9H,1H3. The molecule has 0 saturated carbocycles. The maximum Gasteiger partial charge on any atom is 0.358 e. The summed E-state index contributed by atoms with van der Waals surface area (Å²) in [7, 11) is 1.33. The third-order valence-electron chi connectivity index (χ3n) is 2.96. The van der Waals surface area contributed by atoms with Gasteiger partial charge in [-0.15, -0.1) is 0 Å². The van der Waals surface area contributed by atoms with Crippen molar-refractivity contribution in [2.45, 2.75) is 0 Å². The van der Waals surface area contributed by atoms with Gasteiger partial charge in [-0.1, -0.05) is 12.1 Å². The topological polar surface area (TPSA) is 57.3 Å². The molecule has 1 aromatic carbocycles. The minimum absolute atomic E-state index is 0.222. The maximum atomic E-state index is 11.7. The van der Waals surface area contributed by atoms with Gasteiger partial charge in [0.05, 0.1) is 19.1 Å². The summed E-state index contributed by atoms with van der Waals surface area (Å²) < 4.78 is 12.7. The van der Waals surface area contributed by atoms with Crippen LogP contribution in [0.5, 0.6) is 0 Å². The van der Waals surface area contributed by atoms with Crippen LogP contribution in [0.3, 0.4) is 0 Å². The maximum absolute atomic E-state index is 11.7. The van der Waals surface area contributed by atoms with E-state index in [-0.39, 0.29) is 5.69 Å². The van der Waals surface area contributed by atoms with Gasteiger partial charge >= 0.3 is 5.97 Å². The van der Waals surface area contributed by atoms with Crippen LogP contribution in [0.4, 0.5) is 0 Å². The van der Waals surface area contributed by atoms with Crippen molar-refractivity contribution in [2.24, 2.45) is 0 Å². The number of furan rings is 1. The number of carbonyl (C=O) groups is 1. The predicted molar refractivity (Wildman–Crippen MR) is 80.3 cm³/mol. The van der Waals surface area contributed by atoms with Crippen molar-refractivity contribution < 1.29 is 13.9 Å². The Hall–Kier alpha value is -2.34. The number of carbonyl (C=O) groups excluding carboxylic acids is 1. The van der Waals surface area contributed by atoms with Crippen LogP contribution in [0.25, 0.3) is 17.1 Å². The van der Waals surface area contributed by atoms with Crippen LogP contribution in [-0.4, -0.2) is 22.9 Å². The molecule has 0 aliphatic carbocycles. The normalized spacial score (nSPS) is 10.6. The van der Waals surface area contributed by atoms with Gasteiger partial charge in [-0.05, 0) is 40.2 Å². The average Bonchev–Trinajstić information content (AvgIpc) is 3.15. The van der Waals surface area contributed by atoms with Crippen molar-refractivity contribution in [3.8, 4) is 17.1 Å². The summed E-state index contributed by atoms with van der Waals surface area (Å²) in [4.78, 5) is 11.7. The van der Waals surface area contributed by atoms with Crippen molar-refractivity contribution in [1.29, 1.82) is 0 Å². The monoisotopic (exact) mass is 346 g/mol. The van der Waals surface area contributed by atoms with Gasteiger partial charge in [0, 0.05) is 10.5 Å². The first-order valence-corrected chi connectivity index (χ1v) is 6.97. The number of para-hydroxylation sites is 1. The van der Waals surface area contributed by atoms with Crippen molar-refractivity contribution in [1.82, 2.24) is 9.78 Å². The minimum Gasteiger partial charge on any atom is -0.464 e. The summed E-state index contributed by atoms with van der Waals surface area (Å²) >= 11 is 3.49. The number of methoxy groups -OCH3 is 1. The summed E-state index contributed by atoms with van der Waals surface area (Å²) in [5.74, 6) is 0.127. The number of benzene rings is 1. The quantitative estimate of drug-likeness (QED) is 0.678. The molecular formula is C15H11BrN2O3. The Bertz CT molecular complexity index is 778. The molecule has 3 rings (SSSR count). The Kier molecular flexibility index (Phi) is 3.62. The fourth-order valence-corrected chi connectivity index (χ4v) is 2.45. The molecule has 3 aromatic rings. The first kappa shape index (κ1) is 13.6. The Morgan fingerprint density at radius 1 is 1.29 bits per heavy atom. The Balaban J connectivity index is 2.21. The van der Waals surface area contributed by atoms with Gasteiger partial charge in [0.1, 0.15) is 5.69 Å². The summed E-state index contributed by atoms with van der Waals surface area (Å²) in [6.07, 6.45) is 1.57. The molecule has 0 amide bonds. The van der Waals surface area contributed by atoms with Crippen LogP contribution in [0.2, 0.25) is 0 Å². The third-order valence-corrected chi connectivity index (χ3v) is 3.63. The fourth-order valence-electron chi connectivity index (χ4n) is 1.99. The molecule has 2 heterocycles. The second-order valence-corrected chi connectivity index (χ2v) is 5.10. The molecule has 0 fully saturated rings. The molecule has 0 aliphatic heterocycles. The van der Waals surface area contributed by atoms with Crippen LogP contribution >= 0.6 is 15.9 Å². The largest absolute Gasteiger partial charge is 0.464 e. The van der Waals surface area contributed by atoms with Crippen molar-refractivity contribution in [3.63, 3.8) is 0 Å². The lowest BCUT2D eigenvalue weighted by Crippen LogP contribution is -2.04. The molecule has 21 heavy (non-hydrogen) atoms. The second-order valence-electron chi connectivity index (χ2n) is 4.25. The van der Waals surface area contributed by atoms with E-state index in [4.69, 9.17) is 9.15 Å². The van der Waals surface area contributed by atoms with Crippen molar-refractivity contribution in [3.05, 3.63) is 58.9 Å². The molecule has 5 nitrogen and oxygen atoms in total. The van der Waals surface area contributed by atoms with E-state index in [1.807, 2.05) is 30.3 Å². The van der Waals surface area contributed by atoms with E-state index in [1.54, 1.807) is 23.1 Å². The van der Waals surface area contributed by atoms with E-state index in [0.29, 0.717) is 11.5 Å². The lowest BCUT2D eigenvalue weighted by atomic mass is 10.2. The number of hydrogen-bond donors (Lipinski definition) is 0. The van der Waals surface area contributed by atoms with Gasteiger partial charge in [-0.25, -0.2) is 9.48 Å². The number of halogens is 1. The zero-order valence-electron chi connectivity index (χ0n) is 11.1. The van der Waals surface area contributed by atoms with Crippen LogP contribution in [-0.2, 0) is 4.74 Å². The Morgan fingerprint density at radius 2 is 2.10 bits per heavy atom. The Morgan fingerprint density at radius 3 is 2.76 bits per heavy atom. The summed E-state index contributed by atoms with van der Waals surface area (Å²) in [6.45, 7) is 0. The van der Waals surface area contributed by atoms with Gasteiger partial charge in [0.25, 0.3) is 0 Å². The van der Waals surface area contributed by atoms with E-state index in [1.165, 1.54) is 7.11 Å². The van der Waals surface area contributed by atoms with Crippen LogP contribution in [0, 0.1) is 0 Å². The minimum atomic E-state index is -0.492. The highest BCUT2D eigenvalue weighted by molar-refractivity contribution is 9.10. The molecule has 0 N–H and O–H groups in total. The molecule has 2 aromatic heterocycles. The average molecular weight is 347 g/mol. The first-order valence-electron chi connectivity index (χ1n) is 6.18. The molecule has 0 aliphatic rings. The van der Waals surface area contributed by atoms with Crippen molar-refractivity contribution >= 4 is 21.9 Å². The first-order chi connectivity index (χ1) is 10.2. The molecule has 0 radical (unpaired) electrons. The van der Waals surface area contributed by atoms with E-state index >= 15 is 0 Å². The number of nitrogens with zero attached hydrogens (tertiary/aromatic N) is 2. The zero-order valence-corrected chi connectivity index (χ0v) is 12.7. The van der Waals surface area contributed by atoms with Gasteiger partial charge in [0.15, 0.2) is 11.5 Å². The molecular weight excluding hydrogens is 336 g/mol. The van der Waals surface area contributed by atoms with E-state index < -0.39 is 5.97 Å². The highest BCUT2D eigenvalue weighted by atomic mass is 79.9. The molecule has 6 heteroatoms. The number of rotatable bonds is 3. The molecule has 0 spiro atoms. The van der Waals surface area contributed by atoms with E-state index in [2.05, 4.69) is 21.0 Å². The number of ether oxygens (including phenoxy) is 1. The molecule has 106 valence electrons. The summed E-state index contributed by atoms with van der Waals surface area (Å²) in [5.41, 5.74) is 1.70. The fraction of sp³-hybridized carbons (Fsp3) is 0.0667. The molecule has 0 unspecified atom stereocenters.